The lowest BCUT2D eigenvalue weighted by atomic mass is 10.1. The average molecular weight is 302 g/mol. The molecule has 1 aromatic carbocycles. The molecule has 0 saturated heterocycles. The van der Waals surface area contributed by atoms with Crippen LogP contribution >= 0.6 is 11.3 Å². The molecule has 2 aromatic heterocycles. The number of thiazole rings is 1. The average Bonchev–Trinajstić information content (AvgIpc) is 3.12. The van der Waals surface area contributed by atoms with E-state index in [0.717, 1.165) is 11.4 Å². The summed E-state index contributed by atoms with van der Waals surface area (Å²) >= 11 is 1.61. The van der Waals surface area contributed by atoms with Crippen molar-refractivity contribution in [3.8, 4) is 0 Å². The molecule has 0 aliphatic heterocycles. The third-order valence-corrected chi connectivity index (χ3v) is 4.68. The van der Waals surface area contributed by atoms with Gasteiger partial charge in [-0.2, -0.15) is 0 Å². The zero-order valence-corrected chi connectivity index (χ0v) is 12.5. The van der Waals surface area contributed by atoms with Crippen molar-refractivity contribution in [1.82, 2.24) is 20.0 Å². The lowest BCUT2D eigenvalue weighted by Crippen LogP contribution is -2.11. The number of fused-ring (bicyclic) bond motifs is 1. The van der Waals surface area contributed by atoms with Crippen LogP contribution in [0.4, 0.5) is 0 Å². The monoisotopic (exact) mass is 302 g/mol. The molecule has 108 valence electrons. The van der Waals surface area contributed by atoms with Crippen LogP contribution in [0, 0.1) is 0 Å². The number of carboxylic acids is 1. The summed E-state index contributed by atoms with van der Waals surface area (Å²) in [6.07, 6.45) is 2.79. The van der Waals surface area contributed by atoms with Gasteiger partial charge in [-0.1, -0.05) is 18.2 Å². The highest BCUT2D eigenvalue weighted by molar-refractivity contribution is 7.11. The Morgan fingerprint density at radius 1 is 1.48 bits per heavy atom. The number of aromatic carboxylic acids is 1. The molecule has 6 nitrogen and oxygen atoms in total. The molecule has 0 bridgehead atoms. The van der Waals surface area contributed by atoms with Gasteiger partial charge < -0.3 is 5.11 Å². The summed E-state index contributed by atoms with van der Waals surface area (Å²) in [4.78, 5) is 17.0. The van der Waals surface area contributed by atoms with E-state index in [2.05, 4.69) is 22.2 Å². The smallest absolute Gasteiger partial charge is 0.337 e. The second kappa shape index (κ2) is 5.25. The van der Waals surface area contributed by atoms with Crippen LogP contribution in [0.1, 0.15) is 40.1 Å². The van der Waals surface area contributed by atoms with Crippen LogP contribution in [-0.4, -0.2) is 31.1 Å². The van der Waals surface area contributed by atoms with Gasteiger partial charge in [0.25, 0.3) is 0 Å². The summed E-state index contributed by atoms with van der Waals surface area (Å²) in [5, 5.41) is 18.4. The van der Waals surface area contributed by atoms with Crippen molar-refractivity contribution >= 4 is 28.3 Å². The Labute approximate surface area is 125 Å². The van der Waals surface area contributed by atoms with Crippen molar-refractivity contribution < 1.29 is 9.90 Å². The quantitative estimate of drug-likeness (QED) is 0.801. The number of aromatic nitrogens is 4. The maximum absolute atomic E-state index is 11.4. The van der Waals surface area contributed by atoms with Crippen molar-refractivity contribution in [2.75, 3.05) is 0 Å². The molecule has 7 heteroatoms. The Hall–Kier alpha value is -2.28. The normalized spacial score (nSPS) is 12.7. The number of carbonyl (C=O) groups is 1. The van der Waals surface area contributed by atoms with E-state index in [1.54, 1.807) is 34.2 Å². The van der Waals surface area contributed by atoms with Gasteiger partial charge in [-0.25, -0.2) is 14.5 Å². The highest BCUT2D eigenvalue weighted by Crippen LogP contribution is 2.27. The Morgan fingerprint density at radius 3 is 2.95 bits per heavy atom. The second-order valence-corrected chi connectivity index (χ2v) is 5.85. The summed E-state index contributed by atoms with van der Waals surface area (Å²) in [7, 11) is 0. The van der Waals surface area contributed by atoms with E-state index in [1.165, 1.54) is 4.88 Å². The Bertz CT molecular complexity index is 808. The molecule has 2 heterocycles. The van der Waals surface area contributed by atoms with Crippen molar-refractivity contribution in [2.45, 2.75) is 26.3 Å². The highest BCUT2D eigenvalue weighted by Gasteiger charge is 2.20. The van der Waals surface area contributed by atoms with Crippen molar-refractivity contribution in [3.63, 3.8) is 0 Å². The van der Waals surface area contributed by atoms with Crippen LogP contribution in [0.5, 0.6) is 0 Å². The Kier molecular flexibility index (Phi) is 3.42. The number of carboxylic acid groups (broad SMARTS) is 1. The predicted molar refractivity (Wildman–Crippen MR) is 79.8 cm³/mol. The molecule has 1 atom stereocenters. The standard InChI is InChI=1S/C14H14N4O2S/c1-3-9-7-15-13(21-9)8(2)18-12-10(14(19)20)5-4-6-11(12)16-17-18/h4-8H,3H2,1-2H3,(H,19,20). The maximum Gasteiger partial charge on any atom is 0.337 e. The van der Waals surface area contributed by atoms with Gasteiger partial charge in [0.2, 0.25) is 0 Å². The molecule has 0 aliphatic rings. The minimum Gasteiger partial charge on any atom is -0.478 e. The van der Waals surface area contributed by atoms with Crippen molar-refractivity contribution in [2.24, 2.45) is 0 Å². The summed E-state index contributed by atoms with van der Waals surface area (Å²) in [5.74, 6) is -0.982. The first kappa shape index (κ1) is 13.7. The molecule has 3 aromatic rings. The second-order valence-electron chi connectivity index (χ2n) is 4.71. The van der Waals surface area contributed by atoms with E-state index in [0.29, 0.717) is 11.0 Å². The third-order valence-electron chi connectivity index (χ3n) is 3.37. The van der Waals surface area contributed by atoms with E-state index < -0.39 is 5.97 Å². The van der Waals surface area contributed by atoms with E-state index >= 15 is 0 Å². The molecule has 1 unspecified atom stereocenters. The first-order chi connectivity index (χ1) is 10.1. The minimum absolute atomic E-state index is 0.152. The number of rotatable bonds is 4. The molecular weight excluding hydrogens is 288 g/mol. The largest absolute Gasteiger partial charge is 0.478 e. The first-order valence-electron chi connectivity index (χ1n) is 6.63. The fraction of sp³-hybridized carbons (Fsp3) is 0.286. The molecule has 0 amide bonds. The number of hydrogen-bond donors (Lipinski definition) is 1. The van der Waals surface area contributed by atoms with Crippen LogP contribution in [0.2, 0.25) is 0 Å². The number of benzene rings is 1. The van der Waals surface area contributed by atoms with Crippen LogP contribution in [0.25, 0.3) is 11.0 Å². The molecule has 0 spiro atoms. The fourth-order valence-corrected chi connectivity index (χ4v) is 3.12. The minimum atomic E-state index is -0.982. The van der Waals surface area contributed by atoms with Gasteiger partial charge in [0.05, 0.1) is 5.56 Å². The van der Waals surface area contributed by atoms with Gasteiger partial charge in [0.1, 0.15) is 22.1 Å². The Balaban J connectivity index is 2.13. The molecule has 1 N–H and O–H groups in total. The summed E-state index contributed by atoms with van der Waals surface area (Å²) in [5.41, 5.74) is 1.32. The van der Waals surface area contributed by atoms with Gasteiger partial charge in [0, 0.05) is 11.1 Å². The maximum atomic E-state index is 11.4. The van der Waals surface area contributed by atoms with Gasteiger partial charge in [-0.05, 0) is 25.5 Å². The van der Waals surface area contributed by atoms with Crippen molar-refractivity contribution in [3.05, 3.63) is 39.8 Å². The molecule has 21 heavy (non-hydrogen) atoms. The van der Waals surface area contributed by atoms with Crippen LogP contribution in [0.15, 0.2) is 24.4 Å². The highest BCUT2D eigenvalue weighted by atomic mass is 32.1. The number of aryl methyl sites for hydroxylation is 1. The van der Waals surface area contributed by atoms with E-state index in [9.17, 15) is 9.90 Å². The molecule has 3 rings (SSSR count). The molecule has 0 saturated carbocycles. The number of nitrogens with zero attached hydrogens (tertiary/aromatic N) is 4. The third kappa shape index (κ3) is 2.29. The summed E-state index contributed by atoms with van der Waals surface area (Å²) in [6, 6.07) is 4.85. The number of para-hydroxylation sites is 1. The summed E-state index contributed by atoms with van der Waals surface area (Å²) < 4.78 is 1.64. The van der Waals surface area contributed by atoms with Crippen LogP contribution in [0.3, 0.4) is 0 Å². The zero-order chi connectivity index (χ0) is 15.0. The molecule has 0 radical (unpaired) electrons. The van der Waals surface area contributed by atoms with Gasteiger partial charge >= 0.3 is 5.97 Å². The Morgan fingerprint density at radius 2 is 2.29 bits per heavy atom. The molecule has 0 fully saturated rings. The van der Waals surface area contributed by atoms with Crippen LogP contribution in [-0.2, 0) is 6.42 Å². The topological polar surface area (TPSA) is 80.9 Å². The van der Waals surface area contributed by atoms with E-state index in [-0.39, 0.29) is 11.6 Å². The fourth-order valence-electron chi connectivity index (χ4n) is 2.22. The SMILES string of the molecule is CCc1cnc(C(C)n2nnc3cccc(C(=O)O)c32)s1. The number of hydrogen-bond acceptors (Lipinski definition) is 5. The van der Waals surface area contributed by atoms with Crippen molar-refractivity contribution in [1.29, 1.82) is 0 Å². The summed E-state index contributed by atoms with van der Waals surface area (Å²) in [6.45, 7) is 4.03. The van der Waals surface area contributed by atoms with Gasteiger partial charge in [-0.3, -0.25) is 0 Å². The molecular formula is C14H14N4O2S. The van der Waals surface area contributed by atoms with Gasteiger partial charge in [0.15, 0.2) is 0 Å². The lowest BCUT2D eigenvalue weighted by Gasteiger charge is -2.10. The molecule has 0 aliphatic carbocycles. The zero-order valence-electron chi connectivity index (χ0n) is 11.6. The lowest BCUT2D eigenvalue weighted by molar-refractivity contribution is 0.0698. The predicted octanol–water partition coefficient (Wildman–Crippen LogP) is 2.76. The van der Waals surface area contributed by atoms with Gasteiger partial charge in [-0.15, -0.1) is 16.4 Å². The van der Waals surface area contributed by atoms with Crippen LogP contribution < -0.4 is 0 Å². The first-order valence-corrected chi connectivity index (χ1v) is 7.45. The van der Waals surface area contributed by atoms with E-state index in [1.807, 2.05) is 13.1 Å². The van der Waals surface area contributed by atoms with E-state index in [4.69, 9.17) is 0 Å².